The lowest BCUT2D eigenvalue weighted by atomic mass is 9.93. The topological polar surface area (TPSA) is 69.6 Å². The van der Waals surface area contributed by atoms with E-state index in [-0.39, 0.29) is 30.0 Å². The molecule has 5 nitrogen and oxygen atoms in total. The summed E-state index contributed by atoms with van der Waals surface area (Å²) in [5.41, 5.74) is -0.314. The molecule has 2 N–H and O–H groups in total. The van der Waals surface area contributed by atoms with Crippen molar-refractivity contribution in [3.63, 3.8) is 0 Å². The van der Waals surface area contributed by atoms with Crippen molar-refractivity contribution in [1.29, 1.82) is 0 Å². The number of nitrogens with zero attached hydrogens (tertiary/aromatic N) is 1. The molecule has 0 aromatic rings. The summed E-state index contributed by atoms with van der Waals surface area (Å²) in [6.07, 6.45) is 1.51. The monoisotopic (exact) mass is 278 g/mol. The van der Waals surface area contributed by atoms with Crippen LogP contribution in [0.3, 0.4) is 0 Å². The molecule has 0 aromatic carbocycles. The smallest absolute Gasteiger partial charge is 0.151 e. The number of aliphatic hydroxyl groups is 1. The number of sulfone groups is 1. The van der Waals surface area contributed by atoms with E-state index in [4.69, 9.17) is 0 Å². The predicted octanol–water partition coefficient (Wildman–Crippen LogP) is -0.146. The first-order chi connectivity index (χ1) is 8.23. The minimum Gasteiger partial charge on any atom is -0.394 e. The van der Waals surface area contributed by atoms with E-state index in [1.807, 2.05) is 21.0 Å². The maximum atomic E-state index is 11.5. The van der Waals surface area contributed by atoms with Crippen LogP contribution in [0.5, 0.6) is 0 Å². The van der Waals surface area contributed by atoms with E-state index in [0.29, 0.717) is 5.75 Å². The van der Waals surface area contributed by atoms with Gasteiger partial charge in [-0.05, 0) is 40.8 Å². The average molecular weight is 278 g/mol. The molecule has 0 bridgehead atoms. The summed E-state index contributed by atoms with van der Waals surface area (Å²) in [5, 5.41) is 12.5. The minimum absolute atomic E-state index is 0.0741. The highest BCUT2D eigenvalue weighted by molar-refractivity contribution is 7.91. The third-order valence-electron chi connectivity index (χ3n) is 4.18. The first-order valence-electron chi connectivity index (χ1n) is 6.45. The van der Waals surface area contributed by atoms with E-state index in [9.17, 15) is 13.5 Å². The highest BCUT2D eigenvalue weighted by Gasteiger charge is 2.34. The first kappa shape index (κ1) is 15.9. The van der Waals surface area contributed by atoms with Gasteiger partial charge in [0.25, 0.3) is 0 Å². The average Bonchev–Trinajstić information content (AvgIpc) is 2.68. The number of hydrogen-bond donors (Lipinski definition) is 2. The van der Waals surface area contributed by atoms with Crippen molar-refractivity contribution in [3.05, 3.63) is 0 Å². The van der Waals surface area contributed by atoms with E-state index in [1.165, 1.54) is 0 Å². The molecule has 1 rings (SSSR count). The first-order valence-corrected chi connectivity index (χ1v) is 8.27. The Morgan fingerprint density at radius 2 is 2.17 bits per heavy atom. The maximum Gasteiger partial charge on any atom is 0.151 e. The zero-order valence-electron chi connectivity index (χ0n) is 11.8. The van der Waals surface area contributed by atoms with E-state index in [0.717, 1.165) is 12.8 Å². The van der Waals surface area contributed by atoms with Gasteiger partial charge in [0.05, 0.1) is 18.1 Å². The summed E-state index contributed by atoms with van der Waals surface area (Å²) in [5.74, 6) is 0.571. The van der Waals surface area contributed by atoms with Crippen LogP contribution in [0.2, 0.25) is 0 Å². The van der Waals surface area contributed by atoms with Gasteiger partial charge in [-0.1, -0.05) is 0 Å². The number of nitrogens with one attached hydrogen (secondary N) is 1. The lowest BCUT2D eigenvalue weighted by molar-refractivity contribution is 0.116. The molecular weight excluding hydrogens is 252 g/mol. The fourth-order valence-corrected chi connectivity index (χ4v) is 4.28. The quantitative estimate of drug-likeness (QED) is 0.707. The van der Waals surface area contributed by atoms with Gasteiger partial charge in [0, 0.05) is 17.6 Å². The van der Waals surface area contributed by atoms with Crippen molar-refractivity contribution < 1.29 is 13.5 Å². The zero-order valence-corrected chi connectivity index (χ0v) is 12.6. The van der Waals surface area contributed by atoms with E-state index < -0.39 is 9.84 Å². The summed E-state index contributed by atoms with van der Waals surface area (Å²) < 4.78 is 23.0. The van der Waals surface area contributed by atoms with Gasteiger partial charge in [0.2, 0.25) is 0 Å². The van der Waals surface area contributed by atoms with Crippen LogP contribution in [0.1, 0.15) is 26.7 Å². The molecule has 6 heteroatoms. The van der Waals surface area contributed by atoms with Crippen molar-refractivity contribution in [2.24, 2.45) is 0 Å². The fraction of sp³-hybridized carbons (Fsp3) is 1.00. The lowest BCUT2D eigenvalue weighted by Crippen LogP contribution is -2.50. The molecule has 1 fully saturated rings. The Hall–Kier alpha value is -0.170. The molecule has 0 amide bonds. The molecule has 1 saturated heterocycles. The molecule has 0 aromatic heterocycles. The molecule has 0 spiro atoms. The standard InChI is InChI=1S/C12H26N2O3S/c1-10(7-12(2,9-15)13-3)14(4)11-5-6-18(16,17)8-11/h10-11,13,15H,5-9H2,1-4H3. The third kappa shape index (κ3) is 3.91. The maximum absolute atomic E-state index is 11.5. The van der Waals surface area contributed by atoms with Crippen LogP contribution in [0, 0.1) is 0 Å². The molecular formula is C12H26N2O3S. The second kappa shape index (κ2) is 5.86. The van der Waals surface area contributed by atoms with Gasteiger partial charge >= 0.3 is 0 Å². The summed E-state index contributed by atoms with van der Waals surface area (Å²) in [6.45, 7) is 4.13. The van der Waals surface area contributed by atoms with Gasteiger partial charge in [-0.25, -0.2) is 8.42 Å². The second-order valence-electron chi connectivity index (χ2n) is 5.74. The lowest BCUT2D eigenvalue weighted by Gasteiger charge is -2.36. The number of rotatable bonds is 6. The molecule has 1 aliphatic heterocycles. The molecule has 3 atom stereocenters. The molecule has 3 unspecified atom stereocenters. The molecule has 18 heavy (non-hydrogen) atoms. The summed E-state index contributed by atoms with van der Waals surface area (Å²) in [4.78, 5) is 2.13. The molecule has 108 valence electrons. The minimum atomic E-state index is -2.84. The van der Waals surface area contributed by atoms with Crippen LogP contribution < -0.4 is 5.32 Å². The normalized spacial score (nSPS) is 28.2. The molecule has 1 aliphatic rings. The van der Waals surface area contributed by atoms with Crippen molar-refractivity contribution >= 4 is 9.84 Å². The Balaban J connectivity index is 2.59. The number of likely N-dealkylation sites (N-methyl/N-ethyl adjacent to an activating group) is 1. The molecule has 0 saturated carbocycles. The predicted molar refractivity (Wildman–Crippen MR) is 73.5 cm³/mol. The van der Waals surface area contributed by atoms with Gasteiger partial charge in [-0.3, -0.25) is 4.90 Å². The highest BCUT2D eigenvalue weighted by Crippen LogP contribution is 2.22. The fourth-order valence-electron chi connectivity index (χ4n) is 2.50. The van der Waals surface area contributed by atoms with Crippen LogP contribution in [0.4, 0.5) is 0 Å². The van der Waals surface area contributed by atoms with Crippen LogP contribution in [0.15, 0.2) is 0 Å². The Bertz CT molecular complexity index is 366. The van der Waals surface area contributed by atoms with Gasteiger partial charge in [0.1, 0.15) is 0 Å². The Morgan fingerprint density at radius 3 is 2.56 bits per heavy atom. The Kier molecular flexibility index (Phi) is 5.17. The molecule has 1 heterocycles. The van der Waals surface area contributed by atoms with Crippen LogP contribution in [0.25, 0.3) is 0 Å². The number of aliphatic hydroxyl groups excluding tert-OH is 1. The summed E-state index contributed by atoms with van der Waals surface area (Å²) in [6, 6.07) is 0.345. The van der Waals surface area contributed by atoms with Gasteiger partial charge in [-0.2, -0.15) is 0 Å². The summed E-state index contributed by atoms with van der Waals surface area (Å²) >= 11 is 0. The van der Waals surface area contributed by atoms with Gasteiger partial charge in [-0.15, -0.1) is 0 Å². The zero-order chi connectivity index (χ0) is 14.0. The highest BCUT2D eigenvalue weighted by atomic mass is 32.2. The summed E-state index contributed by atoms with van der Waals surface area (Å²) in [7, 11) is 0.977. The van der Waals surface area contributed by atoms with E-state index >= 15 is 0 Å². The SMILES string of the molecule is CNC(C)(CO)CC(C)N(C)C1CCS(=O)(=O)C1. The second-order valence-corrected chi connectivity index (χ2v) is 7.97. The Morgan fingerprint density at radius 1 is 1.56 bits per heavy atom. The van der Waals surface area contributed by atoms with Crippen LogP contribution >= 0.6 is 0 Å². The Labute approximate surface area is 110 Å². The van der Waals surface area contributed by atoms with E-state index in [1.54, 1.807) is 0 Å². The molecule has 0 aliphatic carbocycles. The van der Waals surface area contributed by atoms with Crippen LogP contribution in [-0.2, 0) is 9.84 Å². The van der Waals surface area contributed by atoms with Gasteiger partial charge in [0.15, 0.2) is 9.84 Å². The number of hydrogen-bond acceptors (Lipinski definition) is 5. The molecule has 0 radical (unpaired) electrons. The van der Waals surface area contributed by atoms with Crippen molar-refractivity contribution in [2.45, 2.75) is 44.3 Å². The van der Waals surface area contributed by atoms with Crippen LogP contribution in [-0.4, -0.2) is 68.3 Å². The van der Waals surface area contributed by atoms with Crippen molar-refractivity contribution in [3.8, 4) is 0 Å². The van der Waals surface area contributed by atoms with Crippen molar-refractivity contribution in [1.82, 2.24) is 10.2 Å². The largest absolute Gasteiger partial charge is 0.394 e. The van der Waals surface area contributed by atoms with Gasteiger partial charge < -0.3 is 10.4 Å². The third-order valence-corrected chi connectivity index (χ3v) is 5.93. The van der Waals surface area contributed by atoms with Crippen molar-refractivity contribution in [2.75, 3.05) is 32.2 Å². The van der Waals surface area contributed by atoms with E-state index in [2.05, 4.69) is 17.1 Å².